The van der Waals surface area contributed by atoms with Crippen LogP contribution < -0.4 is 5.32 Å². The summed E-state index contributed by atoms with van der Waals surface area (Å²) in [6.07, 6.45) is 3.17. The lowest BCUT2D eigenvalue weighted by Crippen LogP contribution is -2.11. The third-order valence-electron chi connectivity index (χ3n) is 3.09. The van der Waals surface area contributed by atoms with Crippen LogP contribution in [0.2, 0.25) is 0 Å². The van der Waals surface area contributed by atoms with Gasteiger partial charge >= 0.3 is 0 Å². The average molecular weight is 240 g/mol. The summed E-state index contributed by atoms with van der Waals surface area (Å²) in [6.45, 7) is 6.93. The summed E-state index contributed by atoms with van der Waals surface area (Å²) in [6, 6.07) is 8.59. The van der Waals surface area contributed by atoms with E-state index < -0.39 is 0 Å². The molecule has 0 aliphatic carbocycles. The van der Waals surface area contributed by atoms with E-state index in [0.717, 1.165) is 26.1 Å². The molecule has 1 aromatic carbocycles. The second-order valence-electron chi connectivity index (χ2n) is 4.32. The van der Waals surface area contributed by atoms with Crippen molar-refractivity contribution in [2.75, 3.05) is 6.54 Å². The van der Waals surface area contributed by atoms with E-state index in [1.54, 1.807) is 0 Å². The van der Waals surface area contributed by atoms with Gasteiger partial charge in [-0.2, -0.15) is 0 Å². The Morgan fingerprint density at radius 2 is 2.11 bits per heavy atom. The van der Waals surface area contributed by atoms with Gasteiger partial charge in [0.05, 0.1) is 0 Å². The Labute approximate surface area is 109 Å². The Morgan fingerprint density at radius 3 is 2.89 bits per heavy atom. The van der Waals surface area contributed by atoms with Crippen LogP contribution in [0.5, 0.6) is 0 Å². The van der Waals surface area contributed by atoms with Gasteiger partial charge in [-0.25, -0.2) is 0 Å². The van der Waals surface area contributed by atoms with Gasteiger partial charge < -0.3 is 9.88 Å². The molecule has 1 heterocycles. The van der Waals surface area contributed by atoms with Crippen molar-refractivity contribution in [2.24, 2.45) is 0 Å². The van der Waals surface area contributed by atoms with Crippen molar-refractivity contribution in [1.29, 1.82) is 0 Å². The van der Waals surface area contributed by atoms with Crippen LogP contribution in [-0.2, 0) is 13.1 Å². The highest BCUT2D eigenvalue weighted by molar-refractivity contribution is 5.83. The predicted molar refractivity (Wildman–Crippen MR) is 77.4 cm³/mol. The van der Waals surface area contributed by atoms with Gasteiger partial charge in [0.25, 0.3) is 0 Å². The first-order valence-electron chi connectivity index (χ1n) is 6.54. The summed E-state index contributed by atoms with van der Waals surface area (Å²) in [7, 11) is 0. The largest absolute Gasteiger partial charge is 0.346 e. The van der Waals surface area contributed by atoms with Crippen molar-refractivity contribution in [3.8, 4) is 11.8 Å². The minimum absolute atomic E-state index is 0.913. The van der Waals surface area contributed by atoms with Crippen molar-refractivity contribution >= 4 is 10.9 Å². The van der Waals surface area contributed by atoms with Crippen molar-refractivity contribution in [3.05, 3.63) is 36.0 Å². The summed E-state index contributed by atoms with van der Waals surface area (Å²) in [5.41, 5.74) is 2.68. The van der Waals surface area contributed by atoms with Gasteiger partial charge in [-0.05, 0) is 25.1 Å². The Kier molecular flexibility index (Phi) is 4.44. The Hall–Kier alpha value is -1.72. The molecule has 0 aliphatic rings. The summed E-state index contributed by atoms with van der Waals surface area (Å²) < 4.78 is 2.31. The number of nitrogens with one attached hydrogen (secondary N) is 1. The number of nitrogens with zero attached hydrogens (tertiary/aromatic N) is 1. The number of hydrogen-bond acceptors (Lipinski definition) is 1. The van der Waals surface area contributed by atoms with Crippen LogP contribution >= 0.6 is 0 Å². The molecule has 2 rings (SSSR count). The van der Waals surface area contributed by atoms with E-state index >= 15 is 0 Å². The van der Waals surface area contributed by atoms with Gasteiger partial charge in [0.2, 0.25) is 0 Å². The second-order valence-corrected chi connectivity index (χ2v) is 4.32. The highest BCUT2D eigenvalue weighted by Crippen LogP contribution is 2.21. The van der Waals surface area contributed by atoms with Gasteiger partial charge in [0, 0.05) is 36.6 Å². The summed E-state index contributed by atoms with van der Waals surface area (Å²) >= 11 is 0. The van der Waals surface area contributed by atoms with Crippen molar-refractivity contribution in [3.63, 3.8) is 0 Å². The Bertz CT molecular complexity index is 570. The fourth-order valence-corrected chi connectivity index (χ4v) is 2.21. The van der Waals surface area contributed by atoms with Crippen LogP contribution in [0.1, 0.15) is 25.8 Å². The lowest BCUT2D eigenvalue weighted by molar-refractivity contribution is 0.712. The summed E-state index contributed by atoms with van der Waals surface area (Å²) in [4.78, 5) is 0. The number of para-hydroxylation sites is 1. The highest BCUT2D eigenvalue weighted by Gasteiger charge is 2.06. The normalized spacial score (nSPS) is 10.3. The molecule has 2 aromatic rings. The van der Waals surface area contributed by atoms with Gasteiger partial charge in [-0.1, -0.05) is 25.1 Å². The fourth-order valence-electron chi connectivity index (χ4n) is 2.21. The first kappa shape index (κ1) is 12.7. The third-order valence-corrected chi connectivity index (χ3v) is 3.09. The van der Waals surface area contributed by atoms with Gasteiger partial charge in [0.15, 0.2) is 0 Å². The number of aryl methyl sites for hydroxylation is 1. The van der Waals surface area contributed by atoms with Crippen LogP contribution in [0.4, 0.5) is 0 Å². The number of benzene rings is 1. The third kappa shape index (κ3) is 2.75. The molecule has 0 aliphatic heterocycles. The zero-order valence-electron chi connectivity index (χ0n) is 11.2. The molecule has 0 saturated heterocycles. The Morgan fingerprint density at radius 1 is 1.28 bits per heavy atom. The predicted octanol–water partition coefficient (Wildman–Crippen LogP) is 3.16. The molecular formula is C16H20N2. The van der Waals surface area contributed by atoms with Gasteiger partial charge in [-0.3, -0.25) is 0 Å². The maximum atomic E-state index is 3.40. The van der Waals surface area contributed by atoms with E-state index in [9.17, 15) is 0 Å². The zero-order chi connectivity index (χ0) is 12.8. The van der Waals surface area contributed by atoms with Crippen LogP contribution in [0.15, 0.2) is 30.5 Å². The number of aromatic nitrogens is 1. The maximum Gasteiger partial charge on any atom is 0.0483 e. The van der Waals surface area contributed by atoms with Crippen LogP contribution in [0, 0.1) is 11.8 Å². The van der Waals surface area contributed by atoms with E-state index in [-0.39, 0.29) is 0 Å². The molecule has 0 spiro atoms. The van der Waals surface area contributed by atoms with Gasteiger partial charge in [0.1, 0.15) is 0 Å². The molecule has 18 heavy (non-hydrogen) atoms. The quantitative estimate of drug-likeness (QED) is 0.794. The van der Waals surface area contributed by atoms with Gasteiger partial charge in [-0.15, -0.1) is 11.8 Å². The Balaban J connectivity index is 2.30. The molecule has 0 fully saturated rings. The molecule has 0 radical (unpaired) electrons. The molecular weight excluding hydrogens is 220 g/mol. The van der Waals surface area contributed by atoms with E-state index in [1.807, 2.05) is 6.92 Å². The van der Waals surface area contributed by atoms with Crippen molar-refractivity contribution < 1.29 is 0 Å². The number of fused-ring (bicyclic) bond motifs is 1. The lowest BCUT2D eigenvalue weighted by atomic mass is 10.2. The monoisotopic (exact) mass is 240 g/mol. The lowest BCUT2D eigenvalue weighted by Gasteiger charge is -2.01. The molecule has 1 aromatic heterocycles. The SMILES string of the molecule is CC#CCCn1cc(CNCC)c2ccccc21. The van der Waals surface area contributed by atoms with E-state index in [0.29, 0.717) is 0 Å². The highest BCUT2D eigenvalue weighted by atomic mass is 15.0. The second kappa shape index (κ2) is 6.28. The standard InChI is InChI=1S/C16H20N2/c1-3-5-8-11-18-13-14(12-17-4-2)15-9-6-7-10-16(15)18/h6-7,9-10,13,17H,4,8,11-12H2,1-2H3. The molecule has 0 bridgehead atoms. The minimum atomic E-state index is 0.913. The van der Waals surface area contributed by atoms with Crippen LogP contribution in [0.25, 0.3) is 10.9 Å². The average Bonchev–Trinajstić information content (AvgIpc) is 2.76. The smallest absolute Gasteiger partial charge is 0.0483 e. The first-order chi connectivity index (χ1) is 8.86. The topological polar surface area (TPSA) is 17.0 Å². The fraction of sp³-hybridized carbons (Fsp3) is 0.375. The molecule has 94 valence electrons. The molecule has 2 nitrogen and oxygen atoms in total. The molecule has 2 heteroatoms. The molecule has 1 N–H and O–H groups in total. The first-order valence-corrected chi connectivity index (χ1v) is 6.54. The molecule has 0 atom stereocenters. The van der Waals surface area contributed by atoms with E-state index in [2.05, 4.69) is 59.1 Å². The molecule has 0 amide bonds. The van der Waals surface area contributed by atoms with Crippen molar-refractivity contribution in [1.82, 2.24) is 9.88 Å². The van der Waals surface area contributed by atoms with Crippen LogP contribution in [0.3, 0.4) is 0 Å². The zero-order valence-corrected chi connectivity index (χ0v) is 11.2. The number of rotatable bonds is 5. The minimum Gasteiger partial charge on any atom is -0.346 e. The summed E-state index contributed by atoms with van der Waals surface area (Å²) in [5.74, 6) is 6.08. The van der Waals surface area contributed by atoms with Crippen molar-refractivity contribution in [2.45, 2.75) is 33.4 Å². The summed E-state index contributed by atoms with van der Waals surface area (Å²) in [5, 5.41) is 4.75. The van der Waals surface area contributed by atoms with E-state index in [1.165, 1.54) is 16.5 Å². The maximum absolute atomic E-state index is 3.40. The number of hydrogen-bond donors (Lipinski definition) is 1. The molecule has 0 saturated carbocycles. The van der Waals surface area contributed by atoms with E-state index in [4.69, 9.17) is 0 Å². The van der Waals surface area contributed by atoms with Crippen LogP contribution in [-0.4, -0.2) is 11.1 Å². The molecule has 0 unspecified atom stereocenters.